The van der Waals surface area contributed by atoms with E-state index in [0.717, 1.165) is 22.4 Å². The lowest BCUT2D eigenvalue weighted by atomic mass is 10.2. The Hall–Kier alpha value is -3.88. The molecule has 1 amide bonds. The van der Waals surface area contributed by atoms with Crippen LogP contribution in [-0.4, -0.2) is 20.6 Å². The first-order valence-corrected chi connectivity index (χ1v) is 7.81. The second-order valence-electron chi connectivity index (χ2n) is 5.58. The van der Waals surface area contributed by atoms with Crippen LogP contribution in [0.1, 0.15) is 16.1 Å². The zero-order valence-electron chi connectivity index (χ0n) is 13.8. The number of nitrogens with one attached hydrogen (secondary N) is 1. The van der Waals surface area contributed by atoms with Crippen molar-refractivity contribution in [2.45, 2.75) is 6.54 Å². The summed E-state index contributed by atoms with van der Waals surface area (Å²) in [6, 6.07) is 14.6. The van der Waals surface area contributed by atoms with E-state index in [1.54, 1.807) is 0 Å². The molecule has 0 saturated heterocycles. The first kappa shape index (κ1) is 17.9. The number of rotatable bonds is 5. The summed E-state index contributed by atoms with van der Waals surface area (Å²) in [6.45, 7) is 0.183. The first-order chi connectivity index (χ1) is 12.9. The third-order valence-electron chi connectivity index (χ3n) is 3.68. The van der Waals surface area contributed by atoms with Crippen molar-refractivity contribution in [3.05, 3.63) is 98.2 Å². The van der Waals surface area contributed by atoms with Gasteiger partial charge in [-0.05, 0) is 23.8 Å². The molecule has 1 N–H and O–H groups in total. The minimum atomic E-state index is -1.01. The Balaban J connectivity index is 1.83. The lowest BCUT2D eigenvalue weighted by Gasteiger charge is -2.08. The Bertz CT molecular complexity index is 1070. The summed E-state index contributed by atoms with van der Waals surface area (Å²) < 4.78 is 14.5. The highest BCUT2D eigenvalue weighted by Gasteiger charge is 2.16. The predicted octanol–water partition coefficient (Wildman–Crippen LogP) is 2.59. The Morgan fingerprint density at radius 2 is 1.89 bits per heavy atom. The minimum absolute atomic E-state index is 0.0377. The van der Waals surface area contributed by atoms with Gasteiger partial charge in [0.1, 0.15) is 5.69 Å². The zero-order valence-corrected chi connectivity index (χ0v) is 13.8. The molecule has 0 spiro atoms. The van der Waals surface area contributed by atoms with Crippen molar-refractivity contribution in [2.75, 3.05) is 5.32 Å². The van der Waals surface area contributed by atoms with E-state index in [4.69, 9.17) is 0 Å². The van der Waals surface area contributed by atoms with Gasteiger partial charge in [0, 0.05) is 17.8 Å². The molecule has 0 bridgehead atoms. The normalized spacial score (nSPS) is 10.4. The molecule has 0 aliphatic carbocycles. The number of nitro benzene ring substituents is 1. The number of hydrogen-bond acceptors (Lipinski definition) is 5. The predicted molar refractivity (Wildman–Crippen MR) is 95.0 cm³/mol. The molecule has 1 aromatic heterocycles. The monoisotopic (exact) mass is 368 g/mol. The molecule has 0 aliphatic heterocycles. The second-order valence-corrected chi connectivity index (χ2v) is 5.58. The summed E-state index contributed by atoms with van der Waals surface area (Å²) in [5.74, 6) is -1.69. The SMILES string of the molecule is O=C(Nc1ccc(F)c([N+](=O)[O-])c1)c1ccc(=O)n(Cc2ccccc2)n1. The number of anilines is 1. The van der Waals surface area contributed by atoms with E-state index in [-0.39, 0.29) is 23.5 Å². The number of amides is 1. The van der Waals surface area contributed by atoms with Gasteiger partial charge in [-0.1, -0.05) is 30.3 Å². The van der Waals surface area contributed by atoms with Crippen molar-refractivity contribution >= 4 is 17.3 Å². The van der Waals surface area contributed by atoms with Crippen molar-refractivity contribution in [3.8, 4) is 0 Å². The fourth-order valence-corrected chi connectivity index (χ4v) is 2.37. The molecule has 0 radical (unpaired) electrons. The standard InChI is InChI=1S/C18H13FN4O4/c19-14-7-6-13(10-16(14)23(26)27)20-18(25)15-8-9-17(24)22(21-15)11-12-4-2-1-3-5-12/h1-10H,11H2,(H,20,25). The molecule has 2 aromatic carbocycles. The molecule has 3 aromatic rings. The van der Waals surface area contributed by atoms with Crippen LogP contribution in [0.3, 0.4) is 0 Å². The summed E-state index contributed by atoms with van der Waals surface area (Å²) in [5.41, 5.74) is -0.324. The number of carbonyl (C=O) groups excluding carboxylic acids is 1. The number of nitrogens with zero attached hydrogens (tertiary/aromatic N) is 3. The van der Waals surface area contributed by atoms with E-state index in [2.05, 4.69) is 10.4 Å². The van der Waals surface area contributed by atoms with E-state index in [1.807, 2.05) is 30.3 Å². The van der Waals surface area contributed by atoms with Crippen LogP contribution in [0.5, 0.6) is 0 Å². The third-order valence-corrected chi connectivity index (χ3v) is 3.68. The van der Waals surface area contributed by atoms with Crippen LogP contribution in [0.15, 0.2) is 65.5 Å². The Morgan fingerprint density at radius 1 is 1.15 bits per heavy atom. The molecule has 0 atom stereocenters. The van der Waals surface area contributed by atoms with Crippen LogP contribution >= 0.6 is 0 Å². The number of aromatic nitrogens is 2. The highest BCUT2D eigenvalue weighted by Crippen LogP contribution is 2.21. The molecule has 0 unspecified atom stereocenters. The van der Waals surface area contributed by atoms with Crippen molar-refractivity contribution in [1.82, 2.24) is 9.78 Å². The molecule has 0 saturated carbocycles. The molecular formula is C18H13FN4O4. The first-order valence-electron chi connectivity index (χ1n) is 7.81. The zero-order chi connectivity index (χ0) is 19.4. The van der Waals surface area contributed by atoms with Crippen LogP contribution in [0.25, 0.3) is 0 Å². The lowest BCUT2D eigenvalue weighted by Crippen LogP contribution is -2.26. The van der Waals surface area contributed by atoms with Crippen molar-refractivity contribution < 1.29 is 14.1 Å². The molecule has 0 fully saturated rings. The fraction of sp³-hybridized carbons (Fsp3) is 0.0556. The van der Waals surface area contributed by atoms with Gasteiger partial charge in [-0.25, -0.2) is 4.68 Å². The van der Waals surface area contributed by atoms with Gasteiger partial charge in [0.25, 0.3) is 11.5 Å². The molecule has 1 heterocycles. The molecule has 27 heavy (non-hydrogen) atoms. The summed E-state index contributed by atoms with van der Waals surface area (Å²) in [6.07, 6.45) is 0. The molecule has 9 heteroatoms. The van der Waals surface area contributed by atoms with Crippen molar-refractivity contribution in [1.29, 1.82) is 0 Å². The molecular weight excluding hydrogens is 355 g/mol. The smallest absolute Gasteiger partial charge is 0.306 e. The maximum absolute atomic E-state index is 13.4. The van der Waals surface area contributed by atoms with E-state index >= 15 is 0 Å². The molecule has 136 valence electrons. The van der Waals surface area contributed by atoms with Crippen LogP contribution in [0.4, 0.5) is 15.8 Å². The van der Waals surface area contributed by atoms with E-state index in [0.29, 0.717) is 0 Å². The van der Waals surface area contributed by atoms with Gasteiger partial charge >= 0.3 is 5.69 Å². The van der Waals surface area contributed by atoms with Gasteiger partial charge in [0.2, 0.25) is 5.82 Å². The Labute approximate surface area is 152 Å². The van der Waals surface area contributed by atoms with Gasteiger partial charge in [-0.2, -0.15) is 9.49 Å². The number of nitro groups is 1. The third kappa shape index (κ3) is 4.21. The minimum Gasteiger partial charge on any atom is -0.320 e. The highest BCUT2D eigenvalue weighted by atomic mass is 19.1. The highest BCUT2D eigenvalue weighted by molar-refractivity contribution is 6.02. The number of hydrogen-bond donors (Lipinski definition) is 1. The maximum atomic E-state index is 13.4. The van der Waals surface area contributed by atoms with Crippen molar-refractivity contribution in [2.24, 2.45) is 0 Å². The van der Waals surface area contributed by atoms with Crippen LogP contribution in [0, 0.1) is 15.9 Å². The summed E-state index contributed by atoms with van der Waals surface area (Å²) in [4.78, 5) is 34.2. The van der Waals surface area contributed by atoms with E-state index in [1.165, 1.54) is 18.2 Å². The number of carbonyl (C=O) groups is 1. The van der Waals surface area contributed by atoms with Gasteiger partial charge in [-0.15, -0.1) is 0 Å². The number of benzene rings is 2. The fourth-order valence-electron chi connectivity index (χ4n) is 2.37. The summed E-state index contributed by atoms with van der Waals surface area (Å²) >= 11 is 0. The van der Waals surface area contributed by atoms with Crippen LogP contribution < -0.4 is 10.9 Å². The molecule has 3 rings (SSSR count). The molecule has 0 aliphatic rings. The lowest BCUT2D eigenvalue weighted by molar-refractivity contribution is -0.387. The average Bonchev–Trinajstić information content (AvgIpc) is 2.65. The summed E-state index contributed by atoms with van der Waals surface area (Å²) in [5, 5.41) is 17.2. The van der Waals surface area contributed by atoms with Gasteiger partial charge < -0.3 is 5.32 Å². The molecule has 8 nitrogen and oxygen atoms in total. The van der Waals surface area contributed by atoms with E-state index < -0.39 is 22.3 Å². The largest absolute Gasteiger partial charge is 0.320 e. The second kappa shape index (κ2) is 7.56. The topological polar surface area (TPSA) is 107 Å². The van der Waals surface area contributed by atoms with Gasteiger partial charge in [0.15, 0.2) is 0 Å². The summed E-state index contributed by atoms with van der Waals surface area (Å²) in [7, 11) is 0. The Morgan fingerprint density at radius 3 is 2.59 bits per heavy atom. The van der Waals surface area contributed by atoms with Crippen molar-refractivity contribution in [3.63, 3.8) is 0 Å². The van der Waals surface area contributed by atoms with E-state index in [9.17, 15) is 24.1 Å². The van der Waals surface area contributed by atoms with Gasteiger partial charge in [-0.3, -0.25) is 19.7 Å². The van der Waals surface area contributed by atoms with Crippen LogP contribution in [0.2, 0.25) is 0 Å². The maximum Gasteiger partial charge on any atom is 0.306 e. The van der Waals surface area contributed by atoms with Crippen LogP contribution in [-0.2, 0) is 6.54 Å². The number of halogens is 1. The van der Waals surface area contributed by atoms with Gasteiger partial charge in [0.05, 0.1) is 11.5 Å². The Kier molecular flexibility index (Phi) is 5.02. The quantitative estimate of drug-likeness (QED) is 0.550. The average molecular weight is 368 g/mol.